The number of thioether (sulfide) groups is 1. The molecule has 0 spiro atoms. The van der Waals surface area contributed by atoms with Crippen LogP contribution in [0, 0.1) is 5.92 Å². The minimum Gasteiger partial charge on any atom is -0.478 e. The third-order valence-corrected chi connectivity index (χ3v) is 7.62. The van der Waals surface area contributed by atoms with E-state index in [-0.39, 0.29) is 5.12 Å². The zero-order chi connectivity index (χ0) is 23.7. The summed E-state index contributed by atoms with van der Waals surface area (Å²) in [6.07, 6.45) is 8.23. The number of aromatic nitrogens is 1. The minimum atomic E-state index is -0.979. The summed E-state index contributed by atoms with van der Waals surface area (Å²) in [7, 11) is 0. The number of benzene rings is 2. The van der Waals surface area contributed by atoms with E-state index >= 15 is 0 Å². The summed E-state index contributed by atoms with van der Waals surface area (Å²) < 4.78 is 0. The lowest BCUT2D eigenvalue weighted by molar-refractivity contribution is -0.131. The Bertz CT molecular complexity index is 1340. The standard InChI is InChI=1S/C28H22ClNO3S/c29-22-5-2-14-30-28(22)27(18-3-1-4-18)26(19-9-6-17(7-10-19)8-13-24(31)32)20-11-12-23-21(15-20)16-25(33)34-23/h2,5-15,18H,1,3-4,16H2,(H,31,32)/b13-8+,27-26+. The first-order valence-electron chi connectivity index (χ1n) is 11.2. The molecule has 2 aliphatic rings. The lowest BCUT2D eigenvalue weighted by Crippen LogP contribution is -2.16. The third kappa shape index (κ3) is 4.59. The van der Waals surface area contributed by atoms with Crippen LogP contribution in [-0.2, 0) is 16.0 Å². The van der Waals surface area contributed by atoms with Gasteiger partial charge in [-0.2, -0.15) is 0 Å². The van der Waals surface area contributed by atoms with Crippen molar-refractivity contribution in [3.63, 3.8) is 0 Å². The van der Waals surface area contributed by atoms with E-state index in [2.05, 4.69) is 17.1 Å². The Morgan fingerprint density at radius 3 is 2.53 bits per heavy atom. The van der Waals surface area contributed by atoms with E-state index < -0.39 is 5.97 Å². The van der Waals surface area contributed by atoms with Gasteiger partial charge in [-0.05, 0) is 82.5 Å². The molecule has 5 rings (SSSR count). The van der Waals surface area contributed by atoms with Gasteiger partial charge in [0.1, 0.15) is 0 Å². The van der Waals surface area contributed by atoms with Crippen LogP contribution < -0.4 is 0 Å². The third-order valence-electron chi connectivity index (χ3n) is 6.32. The van der Waals surface area contributed by atoms with Crippen molar-refractivity contribution in [2.75, 3.05) is 0 Å². The van der Waals surface area contributed by atoms with Crippen molar-refractivity contribution in [1.29, 1.82) is 0 Å². The number of aliphatic carboxylic acids is 1. The van der Waals surface area contributed by atoms with Crippen LogP contribution in [0.1, 0.15) is 47.2 Å². The van der Waals surface area contributed by atoms with Gasteiger partial charge in [0.05, 0.1) is 10.7 Å². The van der Waals surface area contributed by atoms with Gasteiger partial charge in [-0.15, -0.1) is 0 Å². The van der Waals surface area contributed by atoms with Gasteiger partial charge in [-0.3, -0.25) is 9.78 Å². The van der Waals surface area contributed by atoms with Crippen LogP contribution in [0.4, 0.5) is 0 Å². The van der Waals surface area contributed by atoms with Crippen LogP contribution in [0.3, 0.4) is 0 Å². The maximum atomic E-state index is 12.0. The molecule has 0 atom stereocenters. The summed E-state index contributed by atoms with van der Waals surface area (Å²) in [5.74, 6) is -0.634. The van der Waals surface area contributed by atoms with Crippen LogP contribution in [0.5, 0.6) is 0 Å². The van der Waals surface area contributed by atoms with Gasteiger partial charge in [-0.25, -0.2) is 4.79 Å². The normalized spacial score (nSPS) is 16.3. The molecule has 0 amide bonds. The summed E-state index contributed by atoms with van der Waals surface area (Å²) in [6, 6.07) is 17.8. The summed E-state index contributed by atoms with van der Waals surface area (Å²) in [6.45, 7) is 0. The lowest BCUT2D eigenvalue weighted by Gasteiger charge is -2.31. The molecule has 2 heterocycles. The van der Waals surface area contributed by atoms with E-state index in [9.17, 15) is 9.59 Å². The molecule has 1 fully saturated rings. The smallest absolute Gasteiger partial charge is 0.328 e. The number of pyridine rings is 1. The first kappa shape index (κ1) is 22.6. The number of rotatable bonds is 6. The Labute approximate surface area is 207 Å². The van der Waals surface area contributed by atoms with Crippen molar-refractivity contribution >= 4 is 51.7 Å². The molecule has 0 radical (unpaired) electrons. The average Bonchev–Trinajstić information content (AvgIpc) is 3.16. The maximum Gasteiger partial charge on any atom is 0.328 e. The van der Waals surface area contributed by atoms with Gasteiger partial charge in [0.2, 0.25) is 0 Å². The molecule has 3 aromatic rings. The molecular formula is C28H22ClNO3S. The molecule has 1 aliphatic heterocycles. The lowest BCUT2D eigenvalue weighted by atomic mass is 9.74. The van der Waals surface area contributed by atoms with Gasteiger partial charge >= 0.3 is 5.97 Å². The predicted octanol–water partition coefficient (Wildman–Crippen LogP) is 6.77. The molecule has 0 bridgehead atoms. The van der Waals surface area contributed by atoms with Gasteiger partial charge in [0.15, 0.2) is 5.12 Å². The van der Waals surface area contributed by atoms with Crippen molar-refractivity contribution in [1.82, 2.24) is 4.98 Å². The van der Waals surface area contributed by atoms with Crippen LogP contribution in [0.15, 0.2) is 71.8 Å². The molecule has 1 aromatic heterocycles. The second kappa shape index (κ2) is 9.61. The molecule has 2 aromatic carbocycles. The Morgan fingerprint density at radius 1 is 1.09 bits per heavy atom. The molecule has 0 saturated heterocycles. The number of hydrogen-bond acceptors (Lipinski definition) is 4. The number of allylic oxidation sites excluding steroid dienone is 1. The van der Waals surface area contributed by atoms with E-state index in [0.717, 1.165) is 62.9 Å². The molecule has 1 N–H and O–H groups in total. The summed E-state index contributed by atoms with van der Waals surface area (Å²) >= 11 is 7.96. The van der Waals surface area contributed by atoms with Gasteiger partial charge in [0.25, 0.3) is 0 Å². The Hall–Kier alpha value is -3.15. The molecule has 170 valence electrons. The van der Waals surface area contributed by atoms with Crippen molar-refractivity contribution < 1.29 is 14.7 Å². The number of carboxylic acid groups (broad SMARTS) is 1. The zero-order valence-electron chi connectivity index (χ0n) is 18.3. The fourth-order valence-electron chi connectivity index (χ4n) is 4.49. The summed E-state index contributed by atoms with van der Waals surface area (Å²) in [4.78, 5) is 28.6. The second-order valence-electron chi connectivity index (χ2n) is 8.52. The van der Waals surface area contributed by atoms with Gasteiger partial charge < -0.3 is 5.11 Å². The molecular weight excluding hydrogens is 466 g/mol. The number of halogens is 1. The monoisotopic (exact) mass is 487 g/mol. The van der Waals surface area contributed by atoms with E-state index in [4.69, 9.17) is 16.7 Å². The predicted molar refractivity (Wildman–Crippen MR) is 137 cm³/mol. The van der Waals surface area contributed by atoms with Crippen molar-refractivity contribution in [3.05, 3.63) is 99.8 Å². The molecule has 34 heavy (non-hydrogen) atoms. The van der Waals surface area contributed by atoms with E-state index in [1.807, 2.05) is 42.5 Å². The van der Waals surface area contributed by atoms with E-state index in [1.54, 1.807) is 12.3 Å². The van der Waals surface area contributed by atoms with E-state index in [0.29, 0.717) is 17.4 Å². The molecule has 4 nitrogen and oxygen atoms in total. The van der Waals surface area contributed by atoms with Crippen LogP contribution >= 0.6 is 23.4 Å². The first-order chi connectivity index (χ1) is 16.5. The highest BCUT2D eigenvalue weighted by molar-refractivity contribution is 8.14. The zero-order valence-corrected chi connectivity index (χ0v) is 19.9. The number of hydrogen-bond donors (Lipinski definition) is 1. The van der Waals surface area contributed by atoms with E-state index in [1.165, 1.54) is 18.2 Å². The fraction of sp³-hybridized carbons (Fsp3) is 0.179. The number of nitrogens with zero attached hydrogens (tertiary/aromatic N) is 1. The fourth-order valence-corrected chi connectivity index (χ4v) is 5.58. The highest BCUT2D eigenvalue weighted by Gasteiger charge is 2.30. The Kier molecular flexibility index (Phi) is 6.40. The summed E-state index contributed by atoms with van der Waals surface area (Å²) in [5, 5.41) is 9.73. The minimum absolute atomic E-state index is 0.166. The summed E-state index contributed by atoms with van der Waals surface area (Å²) in [5.41, 5.74) is 6.88. The number of carbonyl (C=O) groups excluding carboxylic acids is 1. The van der Waals surface area contributed by atoms with Crippen LogP contribution in [0.25, 0.3) is 17.2 Å². The molecule has 1 aliphatic carbocycles. The average molecular weight is 488 g/mol. The highest BCUT2D eigenvalue weighted by Crippen LogP contribution is 2.46. The topological polar surface area (TPSA) is 67.3 Å². The van der Waals surface area contributed by atoms with Crippen molar-refractivity contribution in [3.8, 4) is 0 Å². The quantitative estimate of drug-likeness (QED) is 0.389. The largest absolute Gasteiger partial charge is 0.478 e. The maximum absolute atomic E-state index is 12.0. The SMILES string of the molecule is O=C(O)/C=C/c1ccc(/C(=C(\c2ncccc2Cl)C2CCC2)c2ccc3c(c2)CC(=O)S3)cc1. The molecule has 0 unspecified atom stereocenters. The van der Waals surface area contributed by atoms with Gasteiger partial charge in [-0.1, -0.05) is 60.1 Å². The number of carbonyl (C=O) groups is 2. The van der Waals surface area contributed by atoms with Gasteiger partial charge in [0, 0.05) is 23.6 Å². The molecule has 1 saturated carbocycles. The van der Waals surface area contributed by atoms with Crippen LogP contribution in [-0.4, -0.2) is 21.2 Å². The first-order valence-corrected chi connectivity index (χ1v) is 12.4. The number of fused-ring (bicyclic) bond motifs is 1. The number of carboxylic acids is 1. The Balaban J connectivity index is 1.72. The van der Waals surface area contributed by atoms with Crippen molar-refractivity contribution in [2.45, 2.75) is 30.6 Å². The van der Waals surface area contributed by atoms with Crippen molar-refractivity contribution in [2.24, 2.45) is 5.92 Å². The second-order valence-corrected chi connectivity index (χ2v) is 10.0. The molecule has 6 heteroatoms. The Morgan fingerprint density at radius 2 is 1.85 bits per heavy atom. The van der Waals surface area contributed by atoms with Crippen LogP contribution in [0.2, 0.25) is 5.02 Å². The highest BCUT2D eigenvalue weighted by atomic mass is 35.5.